The molecule has 0 heterocycles. The summed E-state index contributed by atoms with van der Waals surface area (Å²) in [5.74, 6) is 0. The molecule has 0 aliphatic carbocycles. The zero-order valence-electron chi connectivity index (χ0n) is 11.0. The van der Waals surface area contributed by atoms with Gasteiger partial charge in [-0.2, -0.15) is 0 Å². The molecular formula is C12H27NO2. The fourth-order valence-electron chi connectivity index (χ4n) is 1.95. The Balaban J connectivity index is 4.67. The maximum atomic E-state index is 9.76. The van der Waals surface area contributed by atoms with Crippen molar-refractivity contribution in [3.8, 4) is 0 Å². The maximum Gasteiger partial charge on any atom is 0.0822 e. The predicted octanol–water partition coefficient (Wildman–Crippen LogP) is 1.49. The minimum atomic E-state index is -0.650. The molecule has 0 aliphatic heterocycles. The molecule has 0 radical (unpaired) electrons. The first kappa shape index (κ1) is 14.9. The topological polar surface area (TPSA) is 43.7 Å². The molecule has 0 aromatic heterocycles. The van der Waals surface area contributed by atoms with Crippen molar-refractivity contribution in [2.45, 2.75) is 52.2 Å². The lowest BCUT2D eigenvalue weighted by Crippen LogP contribution is -2.47. The van der Waals surface area contributed by atoms with E-state index in [-0.39, 0.29) is 17.6 Å². The Morgan fingerprint density at radius 2 is 1.67 bits per heavy atom. The number of hydrogen-bond acceptors (Lipinski definition) is 3. The van der Waals surface area contributed by atoms with Crippen LogP contribution >= 0.6 is 0 Å². The normalized spacial score (nSPS) is 19.0. The van der Waals surface area contributed by atoms with Crippen LogP contribution in [0.1, 0.15) is 40.5 Å². The van der Waals surface area contributed by atoms with E-state index < -0.39 is 6.10 Å². The molecule has 0 bridgehead atoms. The van der Waals surface area contributed by atoms with Crippen LogP contribution in [0.5, 0.6) is 0 Å². The Bertz CT molecular complexity index is 192. The van der Waals surface area contributed by atoms with E-state index in [9.17, 15) is 5.11 Å². The van der Waals surface area contributed by atoms with Gasteiger partial charge in [0.15, 0.2) is 0 Å². The van der Waals surface area contributed by atoms with E-state index in [2.05, 4.69) is 32.8 Å². The van der Waals surface area contributed by atoms with Crippen LogP contribution in [0, 0.1) is 5.41 Å². The quantitative estimate of drug-likeness (QED) is 0.708. The van der Waals surface area contributed by atoms with Gasteiger partial charge in [-0.05, 0) is 39.3 Å². The van der Waals surface area contributed by atoms with Crippen LogP contribution in [-0.2, 0) is 0 Å². The van der Waals surface area contributed by atoms with E-state index in [1.54, 1.807) is 0 Å². The van der Waals surface area contributed by atoms with Gasteiger partial charge in [0.2, 0.25) is 0 Å². The standard InChI is InChI=1S/C12H27NO2/c1-7-12(4,13(5)6)9-11(2,3)10(15)8-14/h10,14-15H,7-9H2,1-6H3. The SMILES string of the molecule is CCC(C)(CC(C)(C)C(O)CO)N(C)C. The van der Waals surface area contributed by atoms with E-state index in [0.717, 1.165) is 12.8 Å². The van der Waals surface area contributed by atoms with Crippen LogP contribution in [0.2, 0.25) is 0 Å². The summed E-state index contributed by atoms with van der Waals surface area (Å²) in [6, 6.07) is 0. The first-order chi connectivity index (χ1) is 6.69. The van der Waals surface area contributed by atoms with Crippen molar-refractivity contribution in [2.75, 3.05) is 20.7 Å². The van der Waals surface area contributed by atoms with Gasteiger partial charge in [0.1, 0.15) is 0 Å². The summed E-state index contributed by atoms with van der Waals surface area (Å²) >= 11 is 0. The van der Waals surface area contributed by atoms with Crippen molar-refractivity contribution < 1.29 is 10.2 Å². The lowest BCUT2D eigenvalue weighted by atomic mass is 9.74. The average Bonchev–Trinajstić information content (AvgIpc) is 2.15. The molecule has 0 aromatic carbocycles. The van der Waals surface area contributed by atoms with Crippen molar-refractivity contribution in [1.82, 2.24) is 4.90 Å². The molecule has 0 saturated heterocycles. The number of aliphatic hydroxyl groups excluding tert-OH is 2. The molecule has 0 amide bonds. The van der Waals surface area contributed by atoms with E-state index in [1.165, 1.54) is 0 Å². The van der Waals surface area contributed by atoms with Crippen molar-refractivity contribution >= 4 is 0 Å². The minimum absolute atomic E-state index is 0.0691. The summed E-state index contributed by atoms with van der Waals surface area (Å²) in [5.41, 5.74) is -0.191. The predicted molar refractivity (Wildman–Crippen MR) is 63.9 cm³/mol. The lowest BCUT2D eigenvalue weighted by Gasteiger charge is -2.43. The molecule has 0 fully saturated rings. The van der Waals surface area contributed by atoms with E-state index >= 15 is 0 Å². The number of nitrogens with zero attached hydrogens (tertiary/aromatic N) is 1. The van der Waals surface area contributed by atoms with Gasteiger partial charge in [-0.25, -0.2) is 0 Å². The van der Waals surface area contributed by atoms with Gasteiger partial charge in [-0.1, -0.05) is 20.8 Å². The third-order valence-corrected chi connectivity index (χ3v) is 3.75. The highest BCUT2D eigenvalue weighted by Crippen LogP contribution is 2.35. The second-order valence-electron chi connectivity index (χ2n) is 5.61. The summed E-state index contributed by atoms with van der Waals surface area (Å²) in [4.78, 5) is 2.19. The summed E-state index contributed by atoms with van der Waals surface area (Å²) in [5, 5.41) is 18.8. The van der Waals surface area contributed by atoms with Crippen molar-refractivity contribution in [3.05, 3.63) is 0 Å². The molecule has 2 atom stereocenters. The summed E-state index contributed by atoms with van der Waals surface area (Å²) in [6.07, 6.45) is 1.25. The van der Waals surface area contributed by atoms with Gasteiger partial charge in [0.05, 0.1) is 12.7 Å². The smallest absolute Gasteiger partial charge is 0.0822 e. The number of aliphatic hydroxyl groups is 2. The highest BCUT2D eigenvalue weighted by molar-refractivity contribution is 4.90. The molecule has 15 heavy (non-hydrogen) atoms. The molecule has 2 unspecified atom stereocenters. The van der Waals surface area contributed by atoms with Gasteiger partial charge in [-0.15, -0.1) is 0 Å². The van der Waals surface area contributed by atoms with Crippen molar-refractivity contribution in [2.24, 2.45) is 5.41 Å². The molecule has 0 spiro atoms. The monoisotopic (exact) mass is 217 g/mol. The molecule has 3 nitrogen and oxygen atoms in total. The van der Waals surface area contributed by atoms with E-state index in [4.69, 9.17) is 5.11 Å². The number of hydrogen-bond donors (Lipinski definition) is 2. The minimum Gasteiger partial charge on any atom is -0.394 e. The molecule has 0 aromatic rings. The first-order valence-electron chi connectivity index (χ1n) is 5.66. The zero-order chi connectivity index (χ0) is 12.3. The second kappa shape index (κ2) is 5.28. The van der Waals surface area contributed by atoms with Gasteiger partial charge in [-0.3, -0.25) is 0 Å². The molecule has 0 saturated carbocycles. The van der Waals surface area contributed by atoms with Gasteiger partial charge < -0.3 is 15.1 Å². The van der Waals surface area contributed by atoms with Crippen LogP contribution in [0.3, 0.4) is 0 Å². The molecule has 0 rings (SSSR count). The van der Waals surface area contributed by atoms with E-state index in [1.807, 2.05) is 13.8 Å². The third-order valence-electron chi connectivity index (χ3n) is 3.75. The van der Waals surface area contributed by atoms with E-state index in [0.29, 0.717) is 0 Å². The summed E-state index contributed by atoms with van der Waals surface area (Å²) in [7, 11) is 4.12. The highest BCUT2D eigenvalue weighted by atomic mass is 16.3. The van der Waals surface area contributed by atoms with Crippen molar-refractivity contribution in [3.63, 3.8) is 0 Å². The van der Waals surface area contributed by atoms with Gasteiger partial charge in [0.25, 0.3) is 0 Å². The molecular weight excluding hydrogens is 190 g/mol. The lowest BCUT2D eigenvalue weighted by molar-refractivity contribution is -0.0288. The summed E-state index contributed by atoms with van der Waals surface area (Å²) < 4.78 is 0. The van der Waals surface area contributed by atoms with Crippen LogP contribution in [0.25, 0.3) is 0 Å². The second-order valence-corrected chi connectivity index (χ2v) is 5.61. The fraction of sp³-hybridized carbons (Fsp3) is 1.00. The van der Waals surface area contributed by atoms with Gasteiger partial charge in [0, 0.05) is 5.54 Å². The number of rotatable bonds is 6. The highest BCUT2D eigenvalue weighted by Gasteiger charge is 2.36. The zero-order valence-corrected chi connectivity index (χ0v) is 11.0. The Kier molecular flexibility index (Phi) is 5.24. The van der Waals surface area contributed by atoms with Crippen molar-refractivity contribution in [1.29, 1.82) is 0 Å². The Hall–Kier alpha value is -0.120. The van der Waals surface area contributed by atoms with Crippen LogP contribution < -0.4 is 0 Å². The molecule has 3 heteroatoms. The Morgan fingerprint density at radius 3 is 1.93 bits per heavy atom. The maximum absolute atomic E-state index is 9.76. The molecule has 92 valence electrons. The molecule has 0 aliphatic rings. The first-order valence-corrected chi connectivity index (χ1v) is 5.66. The molecule has 2 N–H and O–H groups in total. The Morgan fingerprint density at radius 1 is 1.20 bits per heavy atom. The average molecular weight is 217 g/mol. The van der Waals surface area contributed by atoms with Crippen LogP contribution in [0.4, 0.5) is 0 Å². The fourth-order valence-corrected chi connectivity index (χ4v) is 1.95. The Labute approximate surface area is 94.1 Å². The third kappa shape index (κ3) is 3.74. The van der Waals surface area contributed by atoms with Crippen LogP contribution in [-0.4, -0.2) is 47.5 Å². The van der Waals surface area contributed by atoms with Gasteiger partial charge >= 0.3 is 0 Å². The summed E-state index contributed by atoms with van der Waals surface area (Å²) in [6.45, 7) is 8.19. The van der Waals surface area contributed by atoms with Crippen LogP contribution in [0.15, 0.2) is 0 Å². The largest absolute Gasteiger partial charge is 0.394 e.